The lowest BCUT2D eigenvalue weighted by Crippen LogP contribution is -2.42. The van der Waals surface area contributed by atoms with E-state index < -0.39 is 36.2 Å². The van der Waals surface area contributed by atoms with Crippen LogP contribution in [-0.2, 0) is 34.1 Å². The number of imidazole rings is 1. The molecule has 0 saturated heterocycles. The highest BCUT2D eigenvalue weighted by molar-refractivity contribution is 5.77. The molecule has 222 valence electrons. The molecule has 42 heavy (non-hydrogen) atoms. The molecule has 1 unspecified atom stereocenters. The minimum atomic E-state index is -1.12. The van der Waals surface area contributed by atoms with E-state index in [1.807, 2.05) is 54.8 Å². The number of alkyl carbamates (subject to hydrolysis) is 1. The molecule has 4 aromatic rings. The number of rotatable bonds is 10. The molecule has 1 amide bonds. The van der Waals surface area contributed by atoms with Crippen LogP contribution in [0.5, 0.6) is 0 Å². The van der Waals surface area contributed by atoms with Crippen LogP contribution in [0.15, 0.2) is 59.8 Å². The van der Waals surface area contributed by atoms with Crippen LogP contribution in [0.25, 0.3) is 11.0 Å². The number of carbonyl (C=O) groups is 3. The fourth-order valence-corrected chi connectivity index (χ4v) is 4.05. The van der Waals surface area contributed by atoms with Gasteiger partial charge in [-0.2, -0.15) is 4.98 Å². The number of fused-ring (bicyclic) bond motifs is 1. The molecule has 4 rings (SSSR count). The third-order valence-corrected chi connectivity index (χ3v) is 6.20. The van der Waals surface area contributed by atoms with Crippen molar-refractivity contribution in [2.45, 2.75) is 60.0 Å². The number of hydrogen-bond acceptors (Lipinski definition) is 8. The molecule has 0 fully saturated rings. The van der Waals surface area contributed by atoms with Gasteiger partial charge in [-0.3, -0.25) is 14.2 Å². The van der Waals surface area contributed by atoms with E-state index in [0.717, 1.165) is 34.6 Å². The van der Waals surface area contributed by atoms with Crippen molar-refractivity contribution in [3.8, 4) is 0 Å². The van der Waals surface area contributed by atoms with E-state index in [4.69, 9.17) is 14.6 Å². The Morgan fingerprint density at radius 1 is 1.00 bits per heavy atom. The van der Waals surface area contributed by atoms with Crippen molar-refractivity contribution < 1.29 is 29.3 Å². The maximum absolute atomic E-state index is 12.8. The number of amides is 1. The normalized spacial score (nSPS) is 11.2. The van der Waals surface area contributed by atoms with Crippen LogP contribution < -0.4 is 16.3 Å². The molecule has 0 aliphatic heterocycles. The monoisotopic (exact) mass is 578 g/mol. The maximum Gasteiger partial charge on any atom is 0.407 e. The second-order valence-electron chi connectivity index (χ2n) is 9.70. The minimum absolute atomic E-state index is 0.0405. The maximum atomic E-state index is 12.8. The van der Waals surface area contributed by atoms with Crippen molar-refractivity contribution in [1.29, 1.82) is 0 Å². The van der Waals surface area contributed by atoms with Gasteiger partial charge in [0.2, 0.25) is 0 Å². The SMILES string of the molecule is CC(=O)O.Cc1cc2ncn(CNc3nc(=O)n(CC(CC(=O)O)NC(=O)OCc4ccccc4)cc3C)c2cc1C. The van der Waals surface area contributed by atoms with Gasteiger partial charge < -0.3 is 30.2 Å². The fourth-order valence-electron chi connectivity index (χ4n) is 4.05. The summed E-state index contributed by atoms with van der Waals surface area (Å²) in [6, 6.07) is 12.3. The number of anilines is 1. The number of aryl methyl sites for hydroxylation is 3. The average Bonchev–Trinajstić information content (AvgIpc) is 3.30. The molecule has 13 heteroatoms. The molecule has 0 saturated carbocycles. The Morgan fingerprint density at radius 3 is 2.33 bits per heavy atom. The van der Waals surface area contributed by atoms with Crippen LogP contribution in [0.4, 0.5) is 10.6 Å². The van der Waals surface area contributed by atoms with Gasteiger partial charge in [0.05, 0.1) is 36.5 Å². The zero-order valence-electron chi connectivity index (χ0n) is 23.8. The van der Waals surface area contributed by atoms with Gasteiger partial charge in [-0.25, -0.2) is 14.6 Å². The van der Waals surface area contributed by atoms with Gasteiger partial charge in [0.15, 0.2) is 0 Å². The summed E-state index contributed by atoms with van der Waals surface area (Å²) in [5, 5.41) is 22.4. The summed E-state index contributed by atoms with van der Waals surface area (Å²) < 4.78 is 8.41. The summed E-state index contributed by atoms with van der Waals surface area (Å²) in [5.41, 5.74) is 5.08. The first-order valence-corrected chi connectivity index (χ1v) is 13.1. The van der Waals surface area contributed by atoms with Gasteiger partial charge in [-0.1, -0.05) is 30.3 Å². The Bertz CT molecular complexity index is 1610. The molecule has 1 atom stereocenters. The van der Waals surface area contributed by atoms with Crippen molar-refractivity contribution in [2.75, 3.05) is 5.32 Å². The van der Waals surface area contributed by atoms with Crippen molar-refractivity contribution in [2.24, 2.45) is 0 Å². The van der Waals surface area contributed by atoms with Crippen LogP contribution in [0.1, 0.15) is 35.6 Å². The second kappa shape index (κ2) is 14.4. The number of aliphatic carboxylic acids is 2. The van der Waals surface area contributed by atoms with Crippen LogP contribution in [-0.4, -0.2) is 53.4 Å². The Morgan fingerprint density at radius 2 is 1.67 bits per heavy atom. The summed E-state index contributed by atoms with van der Waals surface area (Å²) in [6.45, 7) is 7.27. The number of hydrogen-bond donors (Lipinski definition) is 4. The number of aromatic nitrogens is 4. The summed E-state index contributed by atoms with van der Waals surface area (Å²) in [6.07, 6.45) is 2.15. The third-order valence-electron chi connectivity index (χ3n) is 6.20. The molecule has 0 radical (unpaired) electrons. The first-order chi connectivity index (χ1) is 19.9. The number of ether oxygens (including phenoxy) is 1. The Labute approximate surface area is 241 Å². The smallest absolute Gasteiger partial charge is 0.407 e. The number of carbonyl (C=O) groups excluding carboxylic acids is 1. The third kappa shape index (κ3) is 9.18. The van der Waals surface area contributed by atoms with E-state index in [0.29, 0.717) is 18.1 Å². The van der Waals surface area contributed by atoms with Gasteiger partial charge in [0.25, 0.3) is 5.97 Å². The quantitative estimate of drug-likeness (QED) is 0.218. The lowest BCUT2D eigenvalue weighted by molar-refractivity contribution is -0.137. The predicted octanol–water partition coefficient (Wildman–Crippen LogP) is 3.45. The summed E-state index contributed by atoms with van der Waals surface area (Å²) in [5.74, 6) is -1.55. The van der Waals surface area contributed by atoms with Gasteiger partial charge in [0, 0.05) is 25.2 Å². The number of benzene rings is 2. The molecule has 0 bridgehead atoms. The van der Waals surface area contributed by atoms with Crippen LogP contribution in [0.2, 0.25) is 0 Å². The van der Waals surface area contributed by atoms with Gasteiger partial charge in [-0.15, -0.1) is 0 Å². The molecule has 13 nitrogen and oxygen atoms in total. The molecular weight excluding hydrogens is 544 g/mol. The van der Waals surface area contributed by atoms with E-state index in [9.17, 15) is 19.5 Å². The molecular formula is C29H34N6O7. The standard InChI is InChI=1S/C27H30N6O5.C2H4O2/c1-17-9-22-23(10-18(17)2)33(15-28-22)16-29-25-19(3)12-32(26(36)31-25)13-21(11-24(34)35)30-27(37)38-14-20-7-5-4-6-8-20;1-2(3)4/h4-10,12,15,21H,11,13-14,16H2,1-3H3,(H,30,37)(H,34,35)(H,29,31,36);1H3,(H,3,4). The van der Waals surface area contributed by atoms with Crippen molar-refractivity contribution >= 4 is 34.9 Å². The van der Waals surface area contributed by atoms with Gasteiger partial charge >= 0.3 is 17.8 Å². The highest BCUT2D eigenvalue weighted by Crippen LogP contribution is 2.19. The first kappa shape index (κ1) is 31.3. The number of carboxylic acid groups (broad SMARTS) is 2. The zero-order valence-corrected chi connectivity index (χ0v) is 23.8. The van der Waals surface area contributed by atoms with Crippen LogP contribution in [0, 0.1) is 20.8 Å². The van der Waals surface area contributed by atoms with E-state index in [2.05, 4.69) is 26.7 Å². The lowest BCUT2D eigenvalue weighted by atomic mass is 10.1. The fraction of sp³-hybridized carbons (Fsp3) is 0.310. The van der Waals surface area contributed by atoms with Crippen molar-refractivity contribution in [1.82, 2.24) is 24.4 Å². The number of nitrogens with zero attached hydrogens (tertiary/aromatic N) is 4. The largest absolute Gasteiger partial charge is 0.481 e. The topological polar surface area (TPSA) is 178 Å². The second-order valence-corrected chi connectivity index (χ2v) is 9.70. The van der Waals surface area contributed by atoms with Crippen molar-refractivity contribution in [3.05, 3.63) is 87.7 Å². The van der Waals surface area contributed by atoms with Crippen LogP contribution >= 0.6 is 0 Å². The summed E-state index contributed by atoms with van der Waals surface area (Å²) in [7, 11) is 0. The Hall–Kier alpha value is -5.20. The molecule has 2 aromatic heterocycles. The number of carboxylic acids is 2. The highest BCUT2D eigenvalue weighted by Gasteiger charge is 2.19. The Kier molecular flexibility index (Phi) is 10.8. The van der Waals surface area contributed by atoms with Crippen molar-refractivity contribution in [3.63, 3.8) is 0 Å². The lowest BCUT2D eigenvalue weighted by Gasteiger charge is -2.19. The molecule has 2 aromatic carbocycles. The molecule has 0 spiro atoms. The van der Waals surface area contributed by atoms with E-state index in [1.165, 1.54) is 4.57 Å². The average molecular weight is 579 g/mol. The van der Waals surface area contributed by atoms with Gasteiger partial charge in [-0.05, 0) is 49.6 Å². The van der Waals surface area contributed by atoms with Gasteiger partial charge in [0.1, 0.15) is 12.4 Å². The number of nitrogens with one attached hydrogen (secondary N) is 2. The Balaban J connectivity index is 0.00000114. The van der Waals surface area contributed by atoms with E-state index >= 15 is 0 Å². The van der Waals surface area contributed by atoms with Crippen LogP contribution in [0.3, 0.4) is 0 Å². The first-order valence-electron chi connectivity index (χ1n) is 13.1. The summed E-state index contributed by atoms with van der Waals surface area (Å²) in [4.78, 5) is 54.0. The molecule has 4 N–H and O–H groups in total. The predicted molar refractivity (Wildman–Crippen MR) is 155 cm³/mol. The zero-order chi connectivity index (χ0) is 30.8. The molecule has 0 aliphatic carbocycles. The minimum Gasteiger partial charge on any atom is -0.481 e. The molecule has 2 heterocycles. The van der Waals surface area contributed by atoms with E-state index in [1.54, 1.807) is 19.4 Å². The van der Waals surface area contributed by atoms with E-state index in [-0.39, 0.29) is 13.2 Å². The summed E-state index contributed by atoms with van der Waals surface area (Å²) >= 11 is 0. The highest BCUT2D eigenvalue weighted by atomic mass is 16.5. The molecule has 0 aliphatic rings.